The van der Waals surface area contributed by atoms with Crippen LogP contribution in [0.5, 0.6) is 0 Å². The lowest BCUT2D eigenvalue weighted by atomic mass is 9.96. The summed E-state index contributed by atoms with van der Waals surface area (Å²) >= 11 is 0. The second-order valence-corrected chi connectivity index (χ2v) is 5.97. The van der Waals surface area contributed by atoms with Crippen LogP contribution in [0, 0.1) is 11.8 Å². The van der Waals surface area contributed by atoms with Crippen LogP contribution < -0.4 is 5.32 Å². The summed E-state index contributed by atoms with van der Waals surface area (Å²) in [4.78, 5) is 2.44. The van der Waals surface area contributed by atoms with Gasteiger partial charge in [-0.15, -0.1) is 0 Å². The second kappa shape index (κ2) is 6.72. The molecule has 1 aliphatic heterocycles. The molecule has 0 spiro atoms. The van der Waals surface area contributed by atoms with Gasteiger partial charge in [-0.2, -0.15) is 0 Å². The first-order valence-electron chi connectivity index (χ1n) is 7.32. The molecule has 3 nitrogen and oxygen atoms in total. The molecule has 3 unspecified atom stereocenters. The molecule has 3 atom stereocenters. The molecule has 17 heavy (non-hydrogen) atoms. The van der Waals surface area contributed by atoms with Gasteiger partial charge < -0.3 is 15.3 Å². The van der Waals surface area contributed by atoms with Gasteiger partial charge in [-0.05, 0) is 70.6 Å². The molecule has 2 N–H and O–H groups in total. The average molecular weight is 240 g/mol. The second-order valence-electron chi connectivity index (χ2n) is 5.97. The van der Waals surface area contributed by atoms with Crippen molar-refractivity contribution in [1.29, 1.82) is 0 Å². The summed E-state index contributed by atoms with van der Waals surface area (Å²) in [5.41, 5.74) is 0. The minimum atomic E-state index is 0.389. The number of nitrogens with zero attached hydrogens (tertiary/aromatic N) is 1. The molecule has 1 saturated heterocycles. The van der Waals surface area contributed by atoms with Crippen LogP contribution in [0.25, 0.3) is 0 Å². The summed E-state index contributed by atoms with van der Waals surface area (Å²) in [5.74, 6) is 1.29. The molecule has 0 aromatic carbocycles. The van der Waals surface area contributed by atoms with Crippen LogP contribution in [0.4, 0.5) is 0 Å². The number of aliphatic hydroxyl groups is 1. The van der Waals surface area contributed by atoms with E-state index in [0.29, 0.717) is 18.6 Å². The molecule has 0 amide bonds. The lowest BCUT2D eigenvalue weighted by molar-refractivity contribution is 0.189. The van der Waals surface area contributed by atoms with Gasteiger partial charge in [0.15, 0.2) is 0 Å². The third-order valence-electron chi connectivity index (χ3n) is 4.67. The van der Waals surface area contributed by atoms with Crippen LogP contribution in [0.1, 0.15) is 38.5 Å². The van der Waals surface area contributed by atoms with Gasteiger partial charge >= 0.3 is 0 Å². The molecule has 0 aromatic rings. The highest BCUT2D eigenvalue weighted by Crippen LogP contribution is 2.30. The van der Waals surface area contributed by atoms with E-state index in [9.17, 15) is 5.11 Å². The first-order chi connectivity index (χ1) is 8.29. The van der Waals surface area contributed by atoms with E-state index in [2.05, 4.69) is 17.3 Å². The average Bonchev–Trinajstić information content (AvgIpc) is 2.69. The topological polar surface area (TPSA) is 35.5 Å². The molecular formula is C14H28N2O. The third-order valence-corrected chi connectivity index (χ3v) is 4.67. The van der Waals surface area contributed by atoms with Gasteiger partial charge in [-0.3, -0.25) is 0 Å². The molecule has 3 heteroatoms. The zero-order valence-corrected chi connectivity index (χ0v) is 11.2. The standard InChI is InChI=1S/C14H28N2O/c1-16-8-3-6-14(7-9-16)15-10-12-4-2-5-13(12)11-17/h12-15,17H,2-11H2,1H3. The van der Waals surface area contributed by atoms with Crippen molar-refractivity contribution >= 4 is 0 Å². The summed E-state index contributed by atoms with van der Waals surface area (Å²) in [6.07, 6.45) is 7.78. The minimum Gasteiger partial charge on any atom is -0.396 e. The smallest absolute Gasteiger partial charge is 0.0462 e. The summed E-state index contributed by atoms with van der Waals surface area (Å²) in [5, 5.41) is 13.1. The predicted octanol–water partition coefficient (Wildman–Crippen LogP) is 1.47. The van der Waals surface area contributed by atoms with Crippen molar-refractivity contribution in [2.24, 2.45) is 11.8 Å². The fourth-order valence-electron chi connectivity index (χ4n) is 3.38. The fraction of sp³-hybridized carbons (Fsp3) is 1.00. The van der Waals surface area contributed by atoms with E-state index in [0.717, 1.165) is 12.5 Å². The Bertz CT molecular complexity index is 222. The first kappa shape index (κ1) is 13.3. The maximum absolute atomic E-state index is 9.32. The van der Waals surface area contributed by atoms with Gasteiger partial charge in [0.1, 0.15) is 0 Å². The highest BCUT2D eigenvalue weighted by Gasteiger charge is 2.27. The number of likely N-dealkylation sites (tertiary alicyclic amines) is 1. The fourth-order valence-corrected chi connectivity index (χ4v) is 3.38. The molecule has 1 aliphatic carbocycles. The van der Waals surface area contributed by atoms with Crippen molar-refractivity contribution in [3.63, 3.8) is 0 Å². The molecule has 100 valence electrons. The molecule has 2 rings (SSSR count). The van der Waals surface area contributed by atoms with Gasteiger partial charge in [0.25, 0.3) is 0 Å². The number of nitrogens with one attached hydrogen (secondary N) is 1. The SMILES string of the molecule is CN1CCCC(NCC2CCCC2CO)CC1. The Morgan fingerprint density at radius 1 is 1.06 bits per heavy atom. The predicted molar refractivity (Wildman–Crippen MR) is 71.1 cm³/mol. The molecular weight excluding hydrogens is 212 g/mol. The summed E-state index contributed by atoms with van der Waals surface area (Å²) in [6, 6.07) is 0.708. The Morgan fingerprint density at radius 3 is 2.71 bits per heavy atom. The van der Waals surface area contributed by atoms with Gasteiger partial charge in [0, 0.05) is 12.6 Å². The van der Waals surface area contributed by atoms with Gasteiger partial charge in [-0.25, -0.2) is 0 Å². The number of aliphatic hydroxyl groups excluding tert-OH is 1. The number of rotatable bonds is 4. The Labute approximate surface area is 106 Å². The third kappa shape index (κ3) is 3.94. The van der Waals surface area contributed by atoms with Crippen molar-refractivity contribution in [3.05, 3.63) is 0 Å². The molecule has 0 radical (unpaired) electrons. The van der Waals surface area contributed by atoms with Crippen molar-refractivity contribution in [2.75, 3.05) is 33.3 Å². The van der Waals surface area contributed by atoms with E-state index in [1.807, 2.05) is 0 Å². The van der Waals surface area contributed by atoms with Crippen LogP contribution in [-0.4, -0.2) is 49.3 Å². The highest BCUT2D eigenvalue weighted by molar-refractivity contribution is 4.81. The molecule has 2 aliphatic rings. The first-order valence-corrected chi connectivity index (χ1v) is 7.32. The van der Waals surface area contributed by atoms with Crippen molar-refractivity contribution < 1.29 is 5.11 Å². The van der Waals surface area contributed by atoms with E-state index in [4.69, 9.17) is 0 Å². The van der Waals surface area contributed by atoms with E-state index in [1.54, 1.807) is 0 Å². The molecule has 0 aromatic heterocycles. The Morgan fingerprint density at radius 2 is 1.88 bits per heavy atom. The zero-order chi connectivity index (χ0) is 12.1. The maximum Gasteiger partial charge on any atom is 0.0462 e. The normalized spacial score (nSPS) is 36.0. The minimum absolute atomic E-state index is 0.389. The van der Waals surface area contributed by atoms with Gasteiger partial charge in [-0.1, -0.05) is 6.42 Å². The zero-order valence-electron chi connectivity index (χ0n) is 11.2. The van der Waals surface area contributed by atoms with Crippen molar-refractivity contribution in [3.8, 4) is 0 Å². The van der Waals surface area contributed by atoms with Crippen LogP contribution in [-0.2, 0) is 0 Å². The van der Waals surface area contributed by atoms with Crippen LogP contribution in [0.2, 0.25) is 0 Å². The largest absolute Gasteiger partial charge is 0.396 e. The van der Waals surface area contributed by atoms with Crippen molar-refractivity contribution in [2.45, 2.75) is 44.6 Å². The lowest BCUT2D eigenvalue weighted by Gasteiger charge is -2.22. The van der Waals surface area contributed by atoms with Gasteiger partial charge in [0.05, 0.1) is 0 Å². The van der Waals surface area contributed by atoms with E-state index < -0.39 is 0 Å². The summed E-state index contributed by atoms with van der Waals surface area (Å²) in [7, 11) is 2.22. The molecule has 0 bridgehead atoms. The monoisotopic (exact) mass is 240 g/mol. The Hall–Kier alpha value is -0.120. The maximum atomic E-state index is 9.32. The van der Waals surface area contributed by atoms with Crippen LogP contribution in [0.3, 0.4) is 0 Å². The van der Waals surface area contributed by atoms with E-state index in [1.165, 1.54) is 51.6 Å². The quantitative estimate of drug-likeness (QED) is 0.781. The van der Waals surface area contributed by atoms with Crippen LogP contribution >= 0.6 is 0 Å². The highest BCUT2D eigenvalue weighted by atomic mass is 16.3. The van der Waals surface area contributed by atoms with Gasteiger partial charge in [0.2, 0.25) is 0 Å². The van der Waals surface area contributed by atoms with Crippen LogP contribution in [0.15, 0.2) is 0 Å². The molecule has 1 saturated carbocycles. The Balaban J connectivity index is 1.70. The van der Waals surface area contributed by atoms with E-state index in [-0.39, 0.29) is 0 Å². The van der Waals surface area contributed by atoms with Crippen molar-refractivity contribution in [1.82, 2.24) is 10.2 Å². The lowest BCUT2D eigenvalue weighted by Crippen LogP contribution is -2.35. The summed E-state index contributed by atoms with van der Waals surface area (Å²) in [6.45, 7) is 3.99. The molecule has 1 heterocycles. The Kier molecular flexibility index (Phi) is 5.26. The number of hydrogen-bond acceptors (Lipinski definition) is 3. The summed E-state index contributed by atoms with van der Waals surface area (Å²) < 4.78 is 0. The van der Waals surface area contributed by atoms with E-state index >= 15 is 0 Å². The molecule has 2 fully saturated rings. The number of hydrogen-bond donors (Lipinski definition) is 2.